The minimum absolute atomic E-state index is 0.0199. The van der Waals surface area contributed by atoms with Crippen molar-refractivity contribution in [1.29, 1.82) is 0 Å². The Morgan fingerprint density at radius 1 is 1.18 bits per heavy atom. The molecule has 0 unspecified atom stereocenters. The van der Waals surface area contributed by atoms with Gasteiger partial charge in [0.1, 0.15) is 0 Å². The highest BCUT2D eigenvalue weighted by Crippen LogP contribution is 2.23. The third kappa shape index (κ3) is 3.57. The fraction of sp³-hybridized carbons (Fsp3) is 0.316. The number of H-pyrrole nitrogens is 1. The fourth-order valence-corrected chi connectivity index (χ4v) is 4.12. The summed E-state index contributed by atoms with van der Waals surface area (Å²) in [7, 11) is 0. The zero-order valence-electron chi connectivity index (χ0n) is 15.3. The van der Waals surface area contributed by atoms with E-state index in [-0.39, 0.29) is 23.0 Å². The summed E-state index contributed by atoms with van der Waals surface area (Å²) in [6.45, 7) is 1.50. The van der Waals surface area contributed by atoms with Crippen molar-refractivity contribution >= 4 is 34.9 Å². The van der Waals surface area contributed by atoms with Gasteiger partial charge in [0.05, 0.1) is 5.75 Å². The molecule has 3 aromatic rings. The minimum atomic E-state index is -0.185. The number of aromatic amines is 1. The number of Topliss-reactive ketones (excluding diaryl/α,β-unsaturated/α-hetero) is 1. The van der Waals surface area contributed by atoms with Crippen LogP contribution in [-0.2, 0) is 17.6 Å². The molecule has 8 nitrogen and oxygen atoms in total. The summed E-state index contributed by atoms with van der Waals surface area (Å²) < 4.78 is 1.86. The van der Waals surface area contributed by atoms with E-state index in [4.69, 9.17) is 0 Å². The molecule has 0 saturated carbocycles. The molecule has 9 heteroatoms. The van der Waals surface area contributed by atoms with E-state index in [1.807, 2.05) is 4.40 Å². The maximum Gasteiger partial charge on any atom is 0.255 e. The van der Waals surface area contributed by atoms with Crippen molar-refractivity contribution < 1.29 is 9.59 Å². The molecule has 1 amide bonds. The van der Waals surface area contributed by atoms with Crippen LogP contribution in [0.1, 0.15) is 41.4 Å². The number of ketones is 1. The number of aromatic nitrogens is 4. The Balaban J connectivity index is 1.49. The highest BCUT2D eigenvalue weighted by atomic mass is 32.2. The lowest BCUT2D eigenvalue weighted by molar-refractivity contribution is -0.113. The molecule has 0 saturated heterocycles. The molecule has 0 radical (unpaired) electrons. The van der Waals surface area contributed by atoms with E-state index in [1.54, 1.807) is 24.3 Å². The minimum Gasteiger partial charge on any atom is -0.325 e. The molecule has 28 heavy (non-hydrogen) atoms. The molecule has 2 N–H and O–H groups in total. The Bertz CT molecular complexity index is 1120. The first-order valence-corrected chi connectivity index (χ1v) is 10.0. The third-order valence-electron chi connectivity index (χ3n) is 4.75. The van der Waals surface area contributed by atoms with E-state index in [9.17, 15) is 14.4 Å². The van der Waals surface area contributed by atoms with Gasteiger partial charge in [0, 0.05) is 22.5 Å². The predicted octanol–water partition coefficient (Wildman–Crippen LogP) is 2.23. The molecule has 2 aromatic heterocycles. The van der Waals surface area contributed by atoms with Crippen LogP contribution in [0.4, 0.5) is 5.69 Å². The van der Waals surface area contributed by atoms with E-state index in [1.165, 1.54) is 18.7 Å². The van der Waals surface area contributed by atoms with Crippen LogP contribution in [0.25, 0.3) is 5.78 Å². The van der Waals surface area contributed by atoms with Gasteiger partial charge >= 0.3 is 0 Å². The monoisotopic (exact) mass is 397 g/mol. The number of amides is 1. The second-order valence-corrected chi connectivity index (χ2v) is 7.64. The average Bonchev–Trinajstić information content (AvgIpc) is 3.10. The molecule has 1 aromatic carbocycles. The van der Waals surface area contributed by atoms with Crippen molar-refractivity contribution in [3.63, 3.8) is 0 Å². The standard InChI is InChI=1S/C19H19N5O3S/c1-11(25)12-6-8-13(9-7-12)20-16(26)10-28-19-23-22-18-21-17(27)14-4-2-3-5-15(14)24(18)19/h6-9H,2-5,10H2,1H3,(H,20,26)(H,21,22,27). The second kappa shape index (κ2) is 7.59. The molecule has 1 aliphatic carbocycles. The van der Waals surface area contributed by atoms with Crippen LogP contribution in [0.5, 0.6) is 0 Å². The summed E-state index contributed by atoms with van der Waals surface area (Å²) in [4.78, 5) is 38.6. The Labute approximate surface area is 164 Å². The highest BCUT2D eigenvalue weighted by molar-refractivity contribution is 7.99. The molecule has 0 bridgehead atoms. The molecule has 0 atom stereocenters. The molecule has 4 rings (SSSR count). The summed E-state index contributed by atoms with van der Waals surface area (Å²) >= 11 is 1.27. The van der Waals surface area contributed by atoms with Crippen molar-refractivity contribution in [2.24, 2.45) is 0 Å². The number of thioether (sulfide) groups is 1. The van der Waals surface area contributed by atoms with Gasteiger partial charge in [-0.2, -0.15) is 0 Å². The topological polar surface area (TPSA) is 109 Å². The number of carbonyl (C=O) groups excluding carboxylic acids is 2. The number of anilines is 1. The van der Waals surface area contributed by atoms with Crippen molar-refractivity contribution in [2.75, 3.05) is 11.1 Å². The quantitative estimate of drug-likeness (QED) is 0.505. The van der Waals surface area contributed by atoms with Gasteiger partial charge < -0.3 is 5.32 Å². The van der Waals surface area contributed by atoms with Crippen molar-refractivity contribution in [3.05, 3.63) is 51.4 Å². The molecule has 0 spiro atoms. The molecule has 0 aliphatic heterocycles. The summed E-state index contributed by atoms with van der Waals surface area (Å²) in [6.07, 6.45) is 3.57. The SMILES string of the molecule is CC(=O)c1ccc(NC(=O)CSc2nnc3[nH]c(=O)c4c(n23)CCCC4)cc1. The maximum atomic E-state index is 12.3. The smallest absolute Gasteiger partial charge is 0.255 e. The first kappa shape index (κ1) is 18.4. The lowest BCUT2D eigenvalue weighted by Gasteiger charge is -2.16. The van der Waals surface area contributed by atoms with Gasteiger partial charge in [-0.05, 0) is 56.9 Å². The number of carbonyl (C=O) groups is 2. The van der Waals surface area contributed by atoms with Crippen molar-refractivity contribution in [2.45, 2.75) is 37.8 Å². The van der Waals surface area contributed by atoms with Crippen LogP contribution in [0.3, 0.4) is 0 Å². The number of aryl methyl sites for hydroxylation is 1. The number of nitrogens with one attached hydrogen (secondary N) is 2. The summed E-state index contributed by atoms with van der Waals surface area (Å²) in [5, 5.41) is 11.6. The van der Waals surface area contributed by atoms with Crippen LogP contribution in [0.2, 0.25) is 0 Å². The maximum absolute atomic E-state index is 12.3. The van der Waals surface area contributed by atoms with Crippen LogP contribution in [0.15, 0.2) is 34.2 Å². The normalized spacial score (nSPS) is 13.3. The first-order valence-electron chi connectivity index (χ1n) is 9.06. The van der Waals surface area contributed by atoms with Crippen LogP contribution in [-0.4, -0.2) is 37.0 Å². The van der Waals surface area contributed by atoms with Gasteiger partial charge in [0.2, 0.25) is 11.7 Å². The zero-order chi connectivity index (χ0) is 19.7. The number of hydrogen-bond donors (Lipinski definition) is 2. The number of nitrogens with zero attached hydrogens (tertiary/aromatic N) is 3. The highest BCUT2D eigenvalue weighted by Gasteiger charge is 2.20. The molecular weight excluding hydrogens is 378 g/mol. The van der Waals surface area contributed by atoms with Crippen LogP contribution < -0.4 is 10.9 Å². The van der Waals surface area contributed by atoms with Gasteiger partial charge in [-0.15, -0.1) is 10.2 Å². The average molecular weight is 397 g/mol. The lowest BCUT2D eigenvalue weighted by atomic mass is 9.97. The predicted molar refractivity (Wildman–Crippen MR) is 106 cm³/mol. The Hall–Kier alpha value is -2.94. The fourth-order valence-electron chi connectivity index (χ4n) is 3.36. The first-order chi connectivity index (χ1) is 13.5. The Morgan fingerprint density at radius 3 is 2.68 bits per heavy atom. The summed E-state index contributed by atoms with van der Waals surface area (Å²) in [5.74, 6) is 0.362. The van der Waals surface area contributed by atoms with E-state index in [0.717, 1.165) is 36.9 Å². The number of hydrogen-bond acceptors (Lipinski definition) is 6. The van der Waals surface area contributed by atoms with E-state index in [2.05, 4.69) is 20.5 Å². The van der Waals surface area contributed by atoms with E-state index in [0.29, 0.717) is 22.2 Å². The number of benzene rings is 1. The number of rotatable bonds is 5. The lowest BCUT2D eigenvalue weighted by Crippen LogP contribution is -2.23. The van der Waals surface area contributed by atoms with Gasteiger partial charge in [0.25, 0.3) is 5.56 Å². The summed E-state index contributed by atoms with van der Waals surface area (Å²) in [5.41, 5.74) is 2.86. The second-order valence-electron chi connectivity index (χ2n) is 6.70. The van der Waals surface area contributed by atoms with Crippen molar-refractivity contribution in [3.8, 4) is 0 Å². The van der Waals surface area contributed by atoms with Crippen LogP contribution >= 0.6 is 11.8 Å². The Kier molecular flexibility index (Phi) is 4.99. The summed E-state index contributed by atoms with van der Waals surface area (Å²) in [6, 6.07) is 6.76. The van der Waals surface area contributed by atoms with Gasteiger partial charge in [-0.25, -0.2) is 0 Å². The molecule has 2 heterocycles. The van der Waals surface area contributed by atoms with E-state index >= 15 is 0 Å². The van der Waals surface area contributed by atoms with E-state index < -0.39 is 0 Å². The Morgan fingerprint density at radius 2 is 1.93 bits per heavy atom. The molecule has 144 valence electrons. The zero-order valence-corrected chi connectivity index (χ0v) is 16.1. The molecule has 0 fully saturated rings. The third-order valence-corrected chi connectivity index (χ3v) is 5.68. The van der Waals surface area contributed by atoms with Gasteiger partial charge in [-0.1, -0.05) is 11.8 Å². The molecule has 1 aliphatic rings. The van der Waals surface area contributed by atoms with Gasteiger partial charge in [0.15, 0.2) is 10.9 Å². The van der Waals surface area contributed by atoms with Crippen molar-refractivity contribution in [1.82, 2.24) is 19.6 Å². The van der Waals surface area contributed by atoms with Crippen LogP contribution in [0, 0.1) is 0 Å². The molecular formula is C19H19N5O3S. The number of fused-ring (bicyclic) bond motifs is 3. The largest absolute Gasteiger partial charge is 0.325 e. The van der Waals surface area contributed by atoms with Gasteiger partial charge in [-0.3, -0.25) is 23.8 Å².